The van der Waals surface area contributed by atoms with Gasteiger partial charge in [-0.2, -0.15) is 0 Å². The molecule has 0 aliphatic heterocycles. The van der Waals surface area contributed by atoms with Gasteiger partial charge in [-0.25, -0.2) is 4.39 Å². The van der Waals surface area contributed by atoms with E-state index < -0.39 is 11.9 Å². The van der Waals surface area contributed by atoms with Crippen molar-refractivity contribution in [1.29, 1.82) is 0 Å². The maximum absolute atomic E-state index is 13.4. The molecule has 0 bridgehead atoms. The van der Waals surface area contributed by atoms with E-state index in [0.717, 1.165) is 24.6 Å². The van der Waals surface area contributed by atoms with Gasteiger partial charge in [0, 0.05) is 35.1 Å². The molecule has 6 nitrogen and oxygen atoms in total. The van der Waals surface area contributed by atoms with Crippen LogP contribution in [0.5, 0.6) is 5.75 Å². The summed E-state index contributed by atoms with van der Waals surface area (Å²) in [5, 5.41) is 17.8. The molecule has 1 aromatic heterocycles. The van der Waals surface area contributed by atoms with Crippen molar-refractivity contribution in [3.8, 4) is 5.75 Å². The Labute approximate surface area is 194 Å². The van der Waals surface area contributed by atoms with E-state index in [4.69, 9.17) is 32.4 Å². The highest BCUT2D eigenvalue weighted by Crippen LogP contribution is 2.25. The number of aliphatic hydroxyl groups excluding tert-OH is 1. The summed E-state index contributed by atoms with van der Waals surface area (Å²) in [6, 6.07) is 11.2. The number of rotatable bonds is 8. The van der Waals surface area contributed by atoms with Crippen LogP contribution >= 0.6 is 23.2 Å². The molecule has 1 amide bonds. The lowest BCUT2D eigenvalue weighted by Gasteiger charge is -2.17. The van der Waals surface area contributed by atoms with E-state index in [9.17, 15) is 14.3 Å². The molecular weight excluding hydrogens is 458 g/mol. The third-order valence-corrected chi connectivity index (χ3v) is 5.99. The Morgan fingerprint density at radius 2 is 2.00 bits per heavy atom. The SMILES string of the molecule is O=C(N[C@@H]1CC[C@@H](NCC(O)COc2ccc(Cl)c(F)c2)C1)c1cc2cc(Cl)ccc2o1. The van der Waals surface area contributed by atoms with E-state index in [2.05, 4.69) is 10.6 Å². The summed E-state index contributed by atoms with van der Waals surface area (Å²) in [6.07, 6.45) is 1.68. The van der Waals surface area contributed by atoms with Gasteiger partial charge in [0.15, 0.2) is 5.76 Å². The van der Waals surface area contributed by atoms with Gasteiger partial charge in [-0.3, -0.25) is 4.79 Å². The first-order chi connectivity index (χ1) is 15.4. The van der Waals surface area contributed by atoms with Gasteiger partial charge in [0.2, 0.25) is 0 Å². The number of halogens is 3. The smallest absolute Gasteiger partial charge is 0.287 e. The second-order valence-corrected chi connectivity index (χ2v) is 8.77. The minimum atomic E-state index is -0.759. The van der Waals surface area contributed by atoms with Gasteiger partial charge in [-0.1, -0.05) is 23.2 Å². The maximum atomic E-state index is 13.4. The first-order valence-corrected chi connectivity index (χ1v) is 11.1. The van der Waals surface area contributed by atoms with Gasteiger partial charge in [-0.15, -0.1) is 0 Å². The number of amides is 1. The average molecular weight is 481 g/mol. The molecule has 0 saturated heterocycles. The second-order valence-electron chi connectivity index (χ2n) is 7.92. The van der Waals surface area contributed by atoms with Crippen LogP contribution in [0, 0.1) is 5.82 Å². The van der Waals surface area contributed by atoms with Crippen molar-refractivity contribution in [3.63, 3.8) is 0 Å². The average Bonchev–Trinajstić information content (AvgIpc) is 3.39. The van der Waals surface area contributed by atoms with Gasteiger partial charge in [0.1, 0.15) is 29.9 Å². The molecule has 2 aromatic carbocycles. The summed E-state index contributed by atoms with van der Waals surface area (Å²) < 4.78 is 24.5. The van der Waals surface area contributed by atoms with Gasteiger partial charge in [0.25, 0.3) is 5.91 Å². The zero-order chi connectivity index (χ0) is 22.7. The normalized spacial score (nSPS) is 19.2. The van der Waals surface area contributed by atoms with E-state index in [-0.39, 0.29) is 35.4 Å². The van der Waals surface area contributed by atoms with Crippen LogP contribution in [0.15, 0.2) is 46.9 Å². The Morgan fingerprint density at radius 3 is 2.81 bits per heavy atom. The summed E-state index contributed by atoms with van der Waals surface area (Å²) in [5.74, 6) is -0.263. The van der Waals surface area contributed by atoms with Gasteiger partial charge in [-0.05, 0) is 55.7 Å². The molecule has 9 heteroatoms. The minimum absolute atomic E-state index is 0.0160. The van der Waals surface area contributed by atoms with E-state index in [1.165, 1.54) is 12.1 Å². The molecule has 4 rings (SSSR count). The maximum Gasteiger partial charge on any atom is 0.287 e. The fourth-order valence-electron chi connectivity index (χ4n) is 3.80. The highest BCUT2D eigenvalue weighted by molar-refractivity contribution is 6.31. The summed E-state index contributed by atoms with van der Waals surface area (Å²) in [7, 11) is 0. The topological polar surface area (TPSA) is 83.7 Å². The van der Waals surface area contributed by atoms with Crippen LogP contribution in [0.3, 0.4) is 0 Å². The van der Waals surface area contributed by atoms with Crippen LogP contribution in [-0.4, -0.2) is 42.4 Å². The van der Waals surface area contributed by atoms with Crippen molar-refractivity contribution >= 4 is 40.1 Å². The highest BCUT2D eigenvalue weighted by atomic mass is 35.5. The predicted molar refractivity (Wildman–Crippen MR) is 121 cm³/mol. The molecule has 1 heterocycles. The molecule has 3 N–H and O–H groups in total. The molecule has 0 radical (unpaired) electrons. The quantitative estimate of drug-likeness (QED) is 0.440. The van der Waals surface area contributed by atoms with Crippen molar-refractivity contribution < 1.29 is 23.4 Å². The largest absolute Gasteiger partial charge is 0.491 e. The van der Waals surface area contributed by atoms with Gasteiger partial charge >= 0.3 is 0 Å². The van der Waals surface area contributed by atoms with Crippen molar-refractivity contribution in [2.75, 3.05) is 13.2 Å². The number of carbonyl (C=O) groups excluding carboxylic acids is 1. The molecule has 0 spiro atoms. The molecule has 1 saturated carbocycles. The fraction of sp³-hybridized carbons (Fsp3) is 0.348. The van der Waals surface area contributed by atoms with Gasteiger partial charge in [0.05, 0.1) is 5.02 Å². The van der Waals surface area contributed by atoms with E-state index in [0.29, 0.717) is 22.9 Å². The lowest BCUT2D eigenvalue weighted by atomic mass is 10.2. The number of carbonyl (C=O) groups is 1. The molecule has 1 unspecified atom stereocenters. The monoisotopic (exact) mass is 480 g/mol. The molecule has 1 aliphatic carbocycles. The van der Waals surface area contributed by atoms with Crippen molar-refractivity contribution in [2.24, 2.45) is 0 Å². The number of ether oxygens (including phenoxy) is 1. The Hall–Kier alpha value is -2.32. The summed E-state index contributed by atoms with van der Waals surface area (Å²) in [5.41, 5.74) is 0.614. The first-order valence-electron chi connectivity index (χ1n) is 10.4. The molecule has 1 aliphatic rings. The zero-order valence-corrected chi connectivity index (χ0v) is 18.6. The number of furan rings is 1. The number of hydrogen-bond donors (Lipinski definition) is 3. The standard InChI is InChI=1S/C23H23Cl2FN2O4/c24-14-1-6-21-13(7-14)8-22(32-21)23(30)28-16-3-2-15(9-16)27-11-17(29)12-31-18-4-5-19(25)20(26)10-18/h1,4-8,10,15-17,27,29H,2-3,9,11-12H2,(H,28,30)/t15-,16-,17?/m1/s1. The highest BCUT2D eigenvalue weighted by Gasteiger charge is 2.27. The lowest BCUT2D eigenvalue weighted by Crippen LogP contribution is -2.39. The molecule has 32 heavy (non-hydrogen) atoms. The Bertz CT molecular complexity index is 1110. The van der Waals surface area contributed by atoms with Crippen molar-refractivity contribution in [2.45, 2.75) is 37.5 Å². The molecule has 3 aromatic rings. The third-order valence-electron chi connectivity index (χ3n) is 5.45. The number of aliphatic hydroxyl groups is 1. The van der Waals surface area contributed by atoms with Crippen LogP contribution in [0.25, 0.3) is 11.0 Å². The number of hydrogen-bond acceptors (Lipinski definition) is 5. The van der Waals surface area contributed by atoms with Crippen LogP contribution in [-0.2, 0) is 0 Å². The van der Waals surface area contributed by atoms with Crippen LogP contribution in [0.2, 0.25) is 10.0 Å². The van der Waals surface area contributed by atoms with Gasteiger partial charge < -0.3 is 24.9 Å². The molecule has 3 atom stereocenters. The lowest BCUT2D eigenvalue weighted by molar-refractivity contribution is 0.0910. The second kappa shape index (κ2) is 10.1. The molecule has 170 valence electrons. The van der Waals surface area contributed by atoms with E-state index in [1.54, 1.807) is 30.3 Å². The Balaban J connectivity index is 1.20. The zero-order valence-electron chi connectivity index (χ0n) is 17.1. The molecular formula is C23H23Cl2FN2O4. The Kier molecular flexibility index (Phi) is 7.20. The van der Waals surface area contributed by atoms with E-state index in [1.807, 2.05) is 0 Å². The summed E-state index contributed by atoms with van der Waals surface area (Å²) >= 11 is 11.6. The Morgan fingerprint density at radius 1 is 1.19 bits per heavy atom. The number of fused-ring (bicyclic) bond motifs is 1. The van der Waals surface area contributed by atoms with Crippen molar-refractivity contribution in [1.82, 2.24) is 10.6 Å². The molecule has 1 fully saturated rings. The first kappa shape index (κ1) is 22.9. The number of benzene rings is 2. The van der Waals surface area contributed by atoms with Crippen LogP contribution in [0.1, 0.15) is 29.8 Å². The summed E-state index contributed by atoms with van der Waals surface area (Å²) in [4.78, 5) is 12.5. The third kappa shape index (κ3) is 5.72. The van der Waals surface area contributed by atoms with Crippen LogP contribution in [0.4, 0.5) is 4.39 Å². The number of nitrogens with one attached hydrogen (secondary N) is 2. The van der Waals surface area contributed by atoms with E-state index >= 15 is 0 Å². The van der Waals surface area contributed by atoms with Crippen molar-refractivity contribution in [3.05, 3.63) is 64.1 Å². The minimum Gasteiger partial charge on any atom is -0.491 e. The fourth-order valence-corrected chi connectivity index (χ4v) is 4.10. The summed E-state index contributed by atoms with van der Waals surface area (Å²) in [6.45, 7) is 0.350. The predicted octanol–water partition coefficient (Wildman–Crippen LogP) is 4.56. The van der Waals surface area contributed by atoms with Crippen LogP contribution < -0.4 is 15.4 Å².